The first-order valence-corrected chi connectivity index (χ1v) is 7.08. The van der Waals surface area contributed by atoms with Crippen molar-refractivity contribution in [2.45, 2.75) is 26.3 Å². The van der Waals surface area contributed by atoms with Gasteiger partial charge in [-0.15, -0.1) is 0 Å². The molecule has 0 aliphatic rings. The largest absolute Gasteiger partial charge is 0.369 e. The molecule has 0 amide bonds. The highest BCUT2D eigenvalue weighted by atomic mass is 32.1. The van der Waals surface area contributed by atoms with E-state index in [0.717, 1.165) is 24.6 Å². The average molecular weight is 262 g/mol. The molecule has 0 saturated heterocycles. The van der Waals surface area contributed by atoms with E-state index in [2.05, 4.69) is 51.3 Å². The zero-order valence-corrected chi connectivity index (χ0v) is 11.5. The quantitative estimate of drug-likeness (QED) is 0.836. The molecule has 0 aliphatic heterocycles. The van der Waals surface area contributed by atoms with Crippen LogP contribution in [-0.2, 0) is 0 Å². The lowest BCUT2D eigenvalue weighted by molar-refractivity contribution is 0.875. The predicted octanol–water partition coefficient (Wildman–Crippen LogP) is 3.53. The summed E-state index contributed by atoms with van der Waals surface area (Å²) in [5.74, 6) is 1.62. The maximum absolute atomic E-state index is 4.48. The molecule has 4 nitrogen and oxygen atoms in total. The van der Waals surface area contributed by atoms with Gasteiger partial charge in [0.15, 0.2) is 0 Å². The number of hydrogen-bond acceptors (Lipinski definition) is 5. The summed E-state index contributed by atoms with van der Waals surface area (Å²) < 4.78 is 0. The van der Waals surface area contributed by atoms with E-state index in [9.17, 15) is 0 Å². The van der Waals surface area contributed by atoms with Crippen LogP contribution in [0.25, 0.3) is 0 Å². The zero-order valence-electron chi connectivity index (χ0n) is 10.7. The molecular weight excluding hydrogens is 244 g/mol. The number of aromatic nitrogens is 2. The molecule has 96 valence electrons. The third-order valence-electron chi connectivity index (χ3n) is 2.60. The molecule has 5 heteroatoms. The highest BCUT2D eigenvalue weighted by molar-refractivity contribution is 7.07. The van der Waals surface area contributed by atoms with Crippen molar-refractivity contribution in [1.82, 2.24) is 9.97 Å². The number of nitrogens with zero attached hydrogens (tertiary/aromatic N) is 2. The fraction of sp³-hybridized carbons (Fsp3) is 0.385. The minimum atomic E-state index is 0.243. The van der Waals surface area contributed by atoms with Crippen LogP contribution in [-0.4, -0.2) is 16.5 Å². The van der Waals surface area contributed by atoms with Gasteiger partial charge in [-0.25, -0.2) is 4.98 Å². The lowest BCUT2D eigenvalue weighted by atomic mass is 10.2. The fourth-order valence-electron chi connectivity index (χ4n) is 1.60. The van der Waals surface area contributed by atoms with Gasteiger partial charge >= 0.3 is 0 Å². The average Bonchev–Trinajstić information content (AvgIpc) is 2.91. The molecule has 1 unspecified atom stereocenters. The van der Waals surface area contributed by atoms with Gasteiger partial charge in [-0.1, -0.05) is 6.92 Å². The normalized spacial score (nSPS) is 12.1. The number of nitrogens with one attached hydrogen (secondary N) is 2. The van der Waals surface area contributed by atoms with E-state index in [0.29, 0.717) is 0 Å². The SMILES string of the molecule is CCCNc1cncc(NC(C)c2ccsc2)n1. The Morgan fingerprint density at radius 2 is 2.17 bits per heavy atom. The molecule has 0 aromatic carbocycles. The Morgan fingerprint density at radius 3 is 2.89 bits per heavy atom. The second kappa shape index (κ2) is 6.35. The highest BCUT2D eigenvalue weighted by Crippen LogP contribution is 2.20. The molecule has 1 atom stereocenters. The van der Waals surface area contributed by atoms with Crippen molar-refractivity contribution in [1.29, 1.82) is 0 Å². The van der Waals surface area contributed by atoms with Crippen LogP contribution < -0.4 is 10.6 Å². The van der Waals surface area contributed by atoms with Crippen molar-refractivity contribution in [3.63, 3.8) is 0 Å². The lowest BCUT2D eigenvalue weighted by Crippen LogP contribution is -2.09. The van der Waals surface area contributed by atoms with Crippen LogP contribution in [0.1, 0.15) is 31.9 Å². The minimum absolute atomic E-state index is 0.243. The Bertz CT molecular complexity index is 470. The number of rotatable bonds is 6. The second-order valence-electron chi connectivity index (χ2n) is 4.14. The van der Waals surface area contributed by atoms with Gasteiger partial charge in [0.05, 0.1) is 18.4 Å². The van der Waals surface area contributed by atoms with Crippen LogP contribution in [0.5, 0.6) is 0 Å². The minimum Gasteiger partial charge on any atom is -0.369 e. The van der Waals surface area contributed by atoms with E-state index in [-0.39, 0.29) is 6.04 Å². The monoisotopic (exact) mass is 262 g/mol. The topological polar surface area (TPSA) is 49.8 Å². The Kier molecular flexibility index (Phi) is 4.52. The molecule has 0 spiro atoms. The molecule has 0 bridgehead atoms. The Balaban J connectivity index is 2.00. The number of thiophene rings is 1. The standard InChI is InChI=1S/C13H18N4S/c1-3-5-15-12-7-14-8-13(17-12)16-10(2)11-4-6-18-9-11/h4,6-10H,3,5H2,1-2H3,(H2,15,16,17). The first-order valence-electron chi connectivity index (χ1n) is 6.14. The molecule has 0 radical (unpaired) electrons. The first-order chi connectivity index (χ1) is 8.79. The van der Waals surface area contributed by atoms with Crippen molar-refractivity contribution in [2.24, 2.45) is 0 Å². The van der Waals surface area contributed by atoms with Crippen molar-refractivity contribution < 1.29 is 0 Å². The molecule has 0 saturated carbocycles. The molecular formula is C13H18N4S. The second-order valence-corrected chi connectivity index (χ2v) is 4.92. The zero-order chi connectivity index (χ0) is 12.8. The van der Waals surface area contributed by atoms with Gasteiger partial charge in [0.2, 0.25) is 0 Å². The Labute approximate surface area is 111 Å². The van der Waals surface area contributed by atoms with Gasteiger partial charge in [0.25, 0.3) is 0 Å². The summed E-state index contributed by atoms with van der Waals surface area (Å²) in [7, 11) is 0. The van der Waals surface area contributed by atoms with Gasteiger partial charge in [0.1, 0.15) is 11.6 Å². The lowest BCUT2D eigenvalue weighted by Gasteiger charge is -2.13. The van der Waals surface area contributed by atoms with Crippen molar-refractivity contribution in [3.8, 4) is 0 Å². The maximum Gasteiger partial charge on any atom is 0.147 e. The molecule has 2 N–H and O–H groups in total. The molecule has 2 heterocycles. The predicted molar refractivity (Wildman–Crippen MR) is 77.2 cm³/mol. The van der Waals surface area contributed by atoms with Crippen LogP contribution >= 0.6 is 11.3 Å². The summed E-state index contributed by atoms with van der Waals surface area (Å²) >= 11 is 1.70. The van der Waals surface area contributed by atoms with Gasteiger partial charge in [-0.2, -0.15) is 11.3 Å². The van der Waals surface area contributed by atoms with Crippen LogP contribution in [0, 0.1) is 0 Å². The maximum atomic E-state index is 4.48. The van der Waals surface area contributed by atoms with Crippen LogP contribution in [0.4, 0.5) is 11.6 Å². The van der Waals surface area contributed by atoms with Gasteiger partial charge in [0, 0.05) is 6.54 Å². The summed E-state index contributed by atoms with van der Waals surface area (Å²) in [6, 6.07) is 2.36. The number of anilines is 2. The van der Waals surface area contributed by atoms with Gasteiger partial charge in [-0.3, -0.25) is 4.98 Å². The summed E-state index contributed by atoms with van der Waals surface area (Å²) in [6.07, 6.45) is 4.57. The molecule has 0 fully saturated rings. The van der Waals surface area contributed by atoms with Gasteiger partial charge in [-0.05, 0) is 35.7 Å². The Morgan fingerprint density at radius 1 is 1.33 bits per heavy atom. The van der Waals surface area contributed by atoms with E-state index in [1.807, 2.05) is 0 Å². The summed E-state index contributed by atoms with van der Waals surface area (Å²) in [4.78, 5) is 8.67. The van der Waals surface area contributed by atoms with E-state index in [4.69, 9.17) is 0 Å². The van der Waals surface area contributed by atoms with E-state index >= 15 is 0 Å². The number of hydrogen-bond donors (Lipinski definition) is 2. The van der Waals surface area contributed by atoms with Gasteiger partial charge < -0.3 is 10.6 Å². The van der Waals surface area contributed by atoms with E-state index in [1.165, 1.54) is 5.56 Å². The summed E-state index contributed by atoms with van der Waals surface area (Å²) in [5, 5.41) is 10.8. The van der Waals surface area contributed by atoms with E-state index in [1.54, 1.807) is 23.7 Å². The molecule has 0 aliphatic carbocycles. The molecule has 2 aromatic heterocycles. The fourth-order valence-corrected chi connectivity index (χ4v) is 2.35. The smallest absolute Gasteiger partial charge is 0.147 e. The van der Waals surface area contributed by atoms with Crippen LogP contribution in [0.2, 0.25) is 0 Å². The van der Waals surface area contributed by atoms with Crippen molar-refractivity contribution in [2.75, 3.05) is 17.2 Å². The third-order valence-corrected chi connectivity index (χ3v) is 3.30. The summed E-state index contributed by atoms with van der Waals surface area (Å²) in [5.41, 5.74) is 1.27. The molecule has 2 aromatic rings. The van der Waals surface area contributed by atoms with Crippen molar-refractivity contribution in [3.05, 3.63) is 34.8 Å². The molecule has 2 rings (SSSR count). The summed E-state index contributed by atoms with van der Waals surface area (Å²) in [6.45, 7) is 5.16. The van der Waals surface area contributed by atoms with E-state index < -0.39 is 0 Å². The Hall–Kier alpha value is -1.62. The van der Waals surface area contributed by atoms with Crippen LogP contribution in [0.3, 0.4) is 0 Å². The van der Waals surface area contributed by atoms with Crippen LogP contribution in [0.15, 0.2) is 29.2 Å². The third kappa shape index (κ3) is 3.43. The first kappa shape index (κ1) is 12.8. The highest BCUT2D eigenvalue weighted by Gasteiger charge is 2.06. The molecule has 18 heavy (non-hydrogen) atoms. The van der Waals surface area contributed by atoms with Crippen molar-refractivity contribution >= 4 is 23.0 Å².